The summed E-state index contributed by atoms with van der Waals surface area (Å²) in [4.78, 5) is 13.5. The number of aryl methyl sites for hydroxylation is 1. The average molecular weight is 556 g/mol. The van der Waals surface area contributed by atoms with Crippen molar-refractivity contribution >= 4 is 11.6 Å². The average Bonchev–Trinajstić information content (AvgIpc) is 2.92. The minimum atomic E-state index is -4.07. The fourth-order valence-corrected chi connectivity index (χ4v) is 6.14. The predicted octanol–water partition coefficient (Wildman–Crippen LogP) is 7.19. The normalized spacial score (nSPS) is 18.6. The lowest BCUT2D eigenvalue weighted by atomic mass is 9.67. The summed E-state index contributed by atoms with van der Waals surface area (Å²) < 4.78 is 40.6. The summed E-state index contributed by atoms with van der Waals surface area (Å²) in [6.07, 6.45) is 2.71. The molecule has 1 saturated carbocycles. The smallest absolute Gasteiger partial charge is 0.385 e. The zero-order valence-electron chi connectivity index (χ0n) is 23.7. The van der Waals surface area contributed by atoms with Crippen LogP contribution in [0, 0.1) is 17.3 Å². The van der Waals surface area contributed by atoms with Crippen molar-refractivity contribution in [2.75, 3.05) is 26.2 Å². The number of alkyl halides is 3. The Balaban J connectivity index is 1.20. The molecule has 40 heavy (non-hydrogen) atoms. The Morgan fingerprint density at radius 1 is 1.07 bits per heavy atom. The van der Waals surface area contributed by atoms with Gasteiger partial charge in [-0.05, 0) is 92.6 Å². The number of nitrogens with zero attached hydrogens (tertiary/aromatic N) is 1. The number of benzene rings is 2. The van der Waals surface area contributed by atoms with E-state index >= 15 is 0 Å². The number of carbonyl (C=O) groups excluding carboxylic acids is 1. The molecule has 3 N–H and O–H groups in total. The van der Waals surface area contributed by atoms with Crippen molar-refractivity contribution in [3.8, 4) is 11.1 Å². The minimum absolute atomic E-state index is 0.116. The van der Waals surface area contributed by atoms with Crippen LogP contribution in [0.1, 0.15) is 69.4 Å². The fourth-order valence-electron chi connectivity index (χ4n) is 6.14. The van der Waals surface area contributed by atoms with Crippen molar-refractivity contribution < 1.29 is 18.0 Å². The van der Waals surface area contributed by atoms with Gasteiger partial charge in [0.2, 0.25) is 5.91 Å². The molecule has 2 aromatic rings. The maximum absolute atomic E-state index is 13.5. The Bertz CT molecular complexity index is 1120. The second-order valence-electron chi connectivity index (χ2n) is 11.9. The van der Waals surface area contributed by atoms with E-state index in [9.17, 15) is 18.0 Å². The van der Waals surface area contributed by atoms with Crippen molar-refractivity contribution in [3.63, 3.8) is 0 Å². The Morgan fingerprint density at radius 3 is 2.17 bits per heavy atom. The van der Waals surface area contributed by atoms with Gasteiger partial charge in [0, 0.05) is 24.7 Å². The van der Waals surface area contributed by atoms with Crippen LogP contribution < -0.4 is 11.1 Å². The van der Waals surface area contributed by atoms with Gasteiger partial charge in [0.25, 0.3) is 0 Å². The molecule has 1 heterocycles. The topological polar surface area (TPSA) is 58.4 Å². The third-order valence-corrected chi connectivity index (χ3v) is 9.23. The number of carbonyl (C=O) groups is 1. The Labute approximate surface area is 237 Å². The third-order valence-electron chi connectivity index (χ3n) is 9.23. The Morgan fingerprint density at radius 2 is 1.68 bits per heavy atom. The Kier molecular flexibility index (Phi) is 9.99. The first-order valence-corrected chi connectivity index (χ1v) is 14.8. The van der Waals surface area contributed by atoms with Crippen LogP contribution in [0.5, 0.6) is 0 Å². The van der Waals surface area contributed by atoms with Gasteiger partial charge >= 0.3 is 6.18 Å². The summed E-state index contributed by atoms with van der Waals surface area (Å²) in [6.45, 7) is 8.50. The van der Waals surface area contributed by atoms with E-state index < -0.39 is 11.6 Å². The molecule has 2 fully saturated rings. The number of hydrogen-bond donors (Lipinski definition) is 2. The molecule has 0 radical (unpaired) electrons. The van der Waals surface area contributed by atoms with Crippen LogP contribution in [0.2, 0.25) is 0 Å². The van der Waals surface area contributed by atoms with Gasteiger partial charge in [-0.15, -0.1) is 0 Å². The molecule has 1 amide bonds. The number of amides is 1. The molecule has 4 rings (SSSR count). The van der Waals surface area contributed by atoms with Crippen LogP contribution in [0.15, 0.2) is 55.1 Å². The first-order valence-electron chi connectivity index (χ1n) is 14.8. The highest BCUT2D eigenvalue weighted by molar-refractivity contribution is 5.76. The van der Waals surface area contributed by atoms with E-state index in [1.165, 1.54) is 5.56 Å². The summed E-state index contributed by atoms with van der Waals surface area (Å²) in [5.41, 5.74) is 9.41. The summed E-state index contributed by atoms with van der Waals surface area (Å²) in [5, 5.41) is 3.30. The molecule has 1 saturated heterocycles. The summed E-state index contributed by atoms with van der Waals surface area (Å²) in [7, 11) is 0. The zero-order chi connectivity index (χ0) is 28.8. The van der Waals surface area contributed by atoms with E-state index in [0.29, 0.717) is 38.1 Å². The van der Waals surface area contributed by atoms with E-state index in [2.05, 4.69) is 65.3 Å². The molecule has 2 aliphatic rings. The minimum Gasteiger partial charge on any atom is -0.385 e. The van der Waals surface area contributed by atoms with Crippen LogP contribution in [0.4, 0.5) is 13.2 Å². The maximum Gasteiger partial charge on any atom is 0.395 e. The van der Waals surface area contributed by atoms with Crippen LogP contribution in [0.3, 0.4) is 0 Å². The molecular weight excluding hydrogens is 511 g/mol. The third kappa shape index (κ3) is 7.48. The van der Waals surface area contributed by atoms with Crippen LogP contribution in [-0.2, 0) is 11.2 Å². The van der Waals surface area contributed by atoms with Crippen LogP contribution >= 0.6 is 0 Å². The predicted molar refractivity (Wildman–Crippen MR) is 156 cm³/mol. The molecular formula is C33H44F3N3O. The van der Waals surface area contributed by atoms with Crippen molar-refractivity contribution in [2.45, 2.75) is 70.9 Å². The molecule has 0 aromatic heterocycles. The summed E-state index contributed by atoms with van der Waals surface area (Å²) >= 11 is 0. The molecule has 218 valence electrons. The molecule has 1 unspecified atom stereocenters. The van der Waals surface area contributed by atoms with Gasteiger partial charge in [0.1, 0.15) is 0 Å². The number of halogens is 3. The first-order chi connectivity index (χ1) is 19.1. The Hall–Kier alpha value is -2.80. The molecule has 2 aromatic carbocycles. The van der Waals surface area contributed by atoms with Gasteiger partial charge in [-0.25, -0.2) is 0 Å². The first kappa shape index (κ1) is 30.2. The van der Waals surface area contributed by atoms with Gasteiger partial charge in [0.15, 0.2) is 0 Å². The molecule has 0 spiro atoms. The number of likely N-dealkylation sites (tertiary alicyclic amines) is 1. The van der Waals surface area contributed by atoms with Crippen molar-refractivity contribution in [3.05, 3.63) is 66.2 Å². The lowest BCUT2D eigenvalue weighted by Crippen LogP contribution is -2.53. The second-order valence-corrected chi connectivity index (χ2v) is 11.9. The largest absolute Gasteiger partial charge is 0.395 e. The fraction of sp³-hybridized carbons (Fsp3) is 0.545. The van der Waals surface area contributed by atoms with Crippen molar-refractivity contribution in [2.24, 2.45) is 23.0 Å². The highest BCUT2D eigenvalue weighted by Crippen LogP contribution is 2.53. The quantitative estimate of drug-likeness (QED) is 0.275. The van der Waals surface area contributed by atoms with Crippen LogP contribution in [0.25, 0.3) is 16.8 Å². The highest BCUT2D eigenvalue weighted by Gasteiger charge is 2.58. The lowest BCUT2D eigenvalue weighted by molar-refractivity contribution is -0.256. The number of rotatable bonds is 13. The SMILES string of the molecule is C=C(NCCC(CC)C(N)=O)c1ccc(-c2ccc(CCC3CCN(CC4(C(F)(F)F)CCC4)CC3)cc2)cc1. The number of hydrogen-bond acceptors (Lipinski definition) is 3. The highest BCUT2D eigenvalue weighted by atomic mass is 19.4. The molecule has 7 heteroatoms. The van der Waals surface area contributed by atoms with Gasteiger partial charge in [-0.2, -0.15) is 13.2 Å². The molecule has 1 atom stereocenters. The van der Waals surface area contributed by atoms with Gasteiger partial charge < -0.3 is 16.0 Å². The van der Waals surface area contributed by atoms with E-state index in [1.807, 2.05) is 6.92 Å². The number of nitrogens with one attached hydrogen (secondary N) is 1. The molecule has 1 aliphatic heterocycles. The summed E-state index contributed by atoms with van der Waals surface area (Å²) in [6, 6.07) is 17.0. The van der Waals surface area contributed by atoms with E-state index in [1.54, 1.807) is 0 Å². The van der Waals surface area contributed by atoms with E-state index in [4.69, 9.17) is 5.73 Å². The number of primary amides is 1. The van der Waals surface area contributed by atoms with E-state index in [0.717, 1.165) is 67.6 Å². The standard InChI is InChI=1S/C33H44F3N3O/c1-3-27(31(37)40)15-20-38-24(2)28-11-13-30(14-12-28)29-9-7-25(8-10-29)5-6-26-16-21-39(22-17-26)23-32(18-4-19-32)33(34,35)36/h7-14,26-27,38H,2-6,15-23H2,1H3,(H2,37,40). The molecule has 1 aliphatic carbocycles. The van der Waals surface area contributed by atoms with Gasteiger partial charge in [-0.1, -0.05) is 68.5 Å². The number of nitrogens with two attached hydrogens (primary N) is 1. The zero-order valence-corrected chi connectivity index (χ0v) is 23.7. The lowest BCUT2D eigenvalue weighted by Gasteiger charge is -2.47. The monoisotopic (exact) mass is 555 g/mol. The van der Waals surface area contributed by atoms with Gasteiger partial charge in [0.05, 0.1) is 5.41 Å². The maximum atomic E-state index is 13.5. The van der Waals surface area contributed by atoms with Crippen molar-refractivity contribution in [1.29, 1.82) is 0 Å². The molecule has 4 nitrogen and oxygen atoms in total. The van der Waals surface area contributed by atoms with Crippen molar-refractivity contribution in [1.82, 2.24) is 10.2 Å². The van der Waals surface area contributed by atoms with Crippen LogP contribution in [-0.4, -0.2) is 43.2 Å². The summed E-state index contributed by atoms with van der Waals surface area (Å²) in [5.74, 6) is 0.211. The van der Waals surface area contributed by atoms with E-state index in [-0.39, 0.29) is 18.4 Å². The molecule has 0 bridgehead atoms. The van der Waals surface area contributed by atoms with Gasteiger partial charge in [-0.3, -0.25) is 4.79 Å². The second kappa shape index (κ2) is 13.2. The number of piperidine rings is 1.